The molecule has 0 bridgehead atoms. The number of carbonyl (C=O) groups excluding carboxylic acids is 4. The Labute approximate surface area is 276 Å². The summed E-state index contributed by atoms with van der Waals surface area (Å²) in [5, 5.41) is 29.9. The van der Waals surface area contributed by atoms with Crippen LogP contribution in [0.1, 0.15) is 31.5 Å². The largest absolute Gasteiger partial charge is 0.481 e. The van der Waals surface area contributed by atoms with E-state index in [4.69, 9.17) is 9.57 Å². The van der Waals surface area contributed by atoms with Gasteiger partial charge in [-0.1, -0.05) is 47.0 Å². The molecule has 2 aromatic rings. The van der Waals surface area contributed by atoms with Crippen LogP contribution in [-0.2, 0) is 35.3 Å². The molecule has 2 aromatic heterocycles. The van der Waals surface area contributed by atoms with Gasteiger partial charge >= 0.3 is 12.1 Å². The monoisotopic (exact) mass is 692 g/mol. The molecular weight excluding hydrogens is 661 g/mol. The SMILES string of the molecule is C=CCON=C(C(=O)NC1C(=O)N2CC(CSc3nnc(CNC(=O)OC(C)(C)C)s3)(C(=O)O)CS[C@H]12)c1cccc(NC=O)n1. The first-order valence-electron chi connectivity index (χ1n) is 13.7. The van der Waals surface area contributed by atoms with E-state index < -0.39 is 46.3 Å². The van der Waals surface area contributed by atoms with Gasteiger partial charge in [-0.25, -0.2) is 9.78 Å². The predicted molar refractivity (Wildman–Crippen MR) is 170 cm³/mol. The molecule has 4 heterocycles. The van der Waals surface area contributed by atoms with E-state index in [0.717, 1.165) is 0 Å². The van der Waals surface area contributed by atoms with E-state index in [1.165, 1.54) is 58.0 Å². The molecule has 2 aliphatic rings. The molecule has 0 radical (unpaired) electrons. The molecule has 46 heavy (non-hydrogen) atoms. The Kier molecular flexibility index (Phi) is 11.2. The number of anilines is 1. The van der Waals surface area contributed by atoms with Gasteiger partial charge in [0, 0.05) is 18.1 Å². The molecule has 0 aromatic carbocycles. The van der Waals surface area contributed by atoms with Gasteiger partial charge in [0.15, 0.2) is 10.1 Å². The zero-order valence-electron chi connectivity index (χ0n) is 25.0. The van der Waals surface area contributed by atoms with Crippen molar-refractivity contribution in [1.29, 1.82) is 0 Å². The maximum atomic E-state index is 13.3. The van der Waals surface area contributed by atoms with Crippen LogP contribution in [0.3, 0.4) is 0 Å². The highest BCUT2D eigenvalue weighted by molar-refractivity contribution is 8.01. The second-order valence-electron chi connectivity index (χ2n) is 11.0. The number of fused-ring (bicyclic) bond motifs is 1. The fraction of sp³-hybridized carbons (Fsp3) is 0.444. The number of thioether (sulfide) groups is 2. The van der Waals surface area contributed by atoms with Gasteiger partial charge in [0.05, 0.1) is 6.54 Å². The van der Waals surface area contributed by atoms with E-state index >= 15 is 0 Å². The predicted octanol–water partition coefficient (Wildman–Crippen LogP) is 1.70. The number of aromatic nitrogens is 3. The summed E-state index contributed by atoms with van der Waals surface area (Å²) in [5.74, 6) is -1.78. The molecule has 0 aliphatic carbocycles. The number of aliphatic carboxylic acids is 1. The number of ether oxygens (including phenoxy) is 1. The van der Waals surface area contributed by atoms with Crippen molar-refractivity contribution in [2.45, 2.75) is 48.7 Å². The van der Waals surface area contributed by atoms with Crippen molar-refractivity contribution >= 4 is 76.7 Å². The maximum Gasteiger partial charge on any atom is 0.408 e. The van der Waals surface area contributed by atoms with E-state index in [1.54, 1.807) is 26.8 Å². The average molecular weight is 693 g/mol. The Bertz CT molecular complexity index is 1530. The number of rotatable bonds is 14. The van der Waals surface area contributed by atoms with Crippen LogP contribution < -0.4 is 16.0 Å². The Morgan fingerprint density at radius 1 is 1.30 bits per heavy atom. The molecule has 19 heteroatoms. The van der Waals surface area contributed by atoms with E-state index in [0.29, 0.717) is 15.8 Å². The third-order valence-electron chi connectivity index (χ3n) is 6.35. The number of β-lactam (4-membered cyclic amide) rings is 1. The Morgan fingerprint density at radius 3 is 2.78 bits per heavy atom. The number of amides is 4. The lowest BCUT2D eigenvalue weighted by Crippen LogP contribution is -2.74. The molecule has 2 saturated heterocycles. The van der Waals surface area contributed by atoms with Crippen LogP contribution in [0, 0.1) is 5.41 Å². The number of carboxylic acid groups (broad SMARTS) is 1. The molecule has 2 fully saturated rings. The molecule has 2 aliphatic heterocycles. The number of pyridine rings is 1. The molecule has 4 rings (SSSR count). The van der Waals surface area contributed by atoms with Crippen molar-refractivity contribution in [3.63, 3.8) is 0 Å². The molecule has 0 saturated carbocycles. The van der Waals surface area contributed by atoms with Crippen LogP contribution in [0.4, 0.5) is 10.6 Å². The highest BCUT2D eigenvalue weighted by Crippen LogP contribution is 2.44. The van der Waals surface area contributed by atoms with Crippen molar-refractivity contribution in [2.24, 2.45) is 10.6 Å². The number of nitrogens with zero attached hydrogens (tertiary/aromatic N) is 5. The summed E-state index contributed by atoms with van der Waals surface area (Å²) in [5.41, 5.74) is -2.05. The van der Waals surface area contributed by atoms with E-state index in [2.05, 4.69) is 42.9 Å². The standard InChI is InChI=1S/C27H32N8O8S3/c1-5-9-42-34-18(15-7-6-8-16(30-15)29-14-36)20(37)31-19-21(38)35-11-27(23(39)40,12-44-22(19)35)13-45-25-33-32-17(46-25)10-28-24(41)43-26(2,3)4/h5-8,14,19,22H,1,9-13H2,2-4H3,(H,28,41)(H,31,37)(H,39,40)(H,29,30,36)/t19?,22-,27?/m1/s1. The second-order valence-corrected chi connectivity index (χ2v) is 14.4. The first-order chi connectivity index (χ1) is 21.9. The number of oxime groups is 1. The van der Waals surface area contributed by atoms with Crippen molar-refractivity contribution in [2.75, 3.05) is 30.0 Å². The number of hydrogen-bond acceptors (Lipinski definition) is 14. The fourth-order valence-corrected chi connectivity index (χ4v) is 7.91. The molecule has 246 valence electrons. The van der Waals surface area contributed by atoms with Crippen molar-refractivity contribution in [3.05, 3.63) is 41.6 Å². The van der Waals surface area contributed by atoms with Gasteiger partial charge in [0.1, 0.15) is 45.6 Å². The van der Waals surface area contributed by atoms with E-state index in [9.17, 15) is 29.1 Å². The highest BCUT2D eigenvalue weighted by Gasteiger charge is 2.57. The van der Waals surface area contributed by atoms with Gasteiger partial charge in [-0.15, -0.1) is 22.0 Å². The number of nitrogens with one attached hydrogen (secondary N) is 3. The molecule has 4 N–H and O–H groups in total. The lowest BCUT2D eigenvalue weighted by atomic mass is 9.89. The molecule has 3 atom stereocenters. The Morgan fingerprint density at radius 2 is 2.09 bits per heavy atom. The molecule has 16 nitrogen and oxygen atoms in total. The molecule has 2 unspecified atom stereocenters. The minimum atomic E-state index is -1.28. The van der Waals surface area contributed by atoms with Crippen molar-refractivity contribution in [1.82, 2.24) is 30.7 Å². The summed E-state index contributed by atoms with van der Waals surface area (Å²) in [4.78, 5) is 72.4. The van der Waals surface area contributed by atoms with Crippen molar-refractivity contribution in [3.8, 4) is 0 Å². The first kappa shape index (κ1) is 34.6. The average Bonchev–Trinajstić information content (AvgIpc) is 3.47. The van der Waals surface area contributed by atoms with Gasteiger partial charge in [-0.2, -0.15) is 0 Å². The third-order valence-corrected chi connectivity index (χ3v) is 10.3. The topological polar surface area (TPSA) is 214 Å². The maximum absolute atomic E-state index is 13.3. The van der Waals surface area contributed by atoms with Gasteiger partial charge < -0.3 is 35.5 Å². The van der Waals surface area contributed by atoms with Crippen LogP contribution in [0.25, 0.3) is 0 Å². The molecule has 0 spiro atoms. The van der Waals surface area contributed by atoms with Gasteiger partial charge in [0.2, 0.25) is 12.3 Å². The first-order valence-corrected chi connectivity index (χ1v) is 16.6. The second kappa shape index (κ2) is 14.9. The summed E-state index contributed by atoms with van der Waals surface area (Å²) in [6.45, 7) is 8.85. The summed E-state index contributed by atoms with van der Waals surface area (Å²) < 4.78 is 5.72. The van der Waals surface area contributed by atoms with Crippen LogP contribution >= 0.6 is 34.9 Å². The quantitative estimate of drug-likeness (QED) is 0.0423. The van der Waals surface area contributed by atoms with Crippen LogP contribution in [-0.4, -0.2) is 103 Å². The van der Waals surface area contributed by atoms with Gasteiger partial charge in [0.25, 0.3) is 5.91 Å². The minimum absolute atomic E-state index is 0.00823. The fourth-order valence-electron chi connectivity index (χ4n) is 4.21. The van der Waals surface area contributed by atoms with Crippen molar-refractivity contribution < 1.29 is 38.7 Å². The summed E-state index contributed by atoms with van der Waals surface area (Å²) in [7, 11) is 0. The lowest BCUT2D eigenvalue weighted by molar-refractivity contribution is -0.157. The summed E-state index contributed by atoms with van der Waals surface area (Å²) in [6.07, 6.45) is 1.28. The summed E-state index contributed by atoms with van der Waals surface area (Å²) in [6, 6.07) is 3.64. The smallest absolute Gasteiger partial charge is 0.408 e. The van der Waals surface area contributed by atoms with Gasteiger partial charge in [-0.3, -0.25) is 19.2 Å². The third kappa shape index (κ3) is 8.52. The highest BCUT2D eigenvalue weighted by atomic mass is 32.2. The zero-order chi connectivity index (χ0) is 33.5. The number of alkyl carbamates (subject to hydrolysis) is 1. The normalized spacial score (nSPS) is 20.9. The number of hydrogen-bond donors (Lipinski definition) is 4. The Hall–Kier alpha value is -4.23. The van der Waals surface area contributed by atoms with Crippen LogP contribution in [0.5, 0.6) is 0 Å². The molecular formula is C27H32N8O8S3. The lowest BCUT2D eigenvalue weighted by Gasteiger charge is -2.53. The van der Waals surface area contributed by atoms with Crippen LogP contribution in [0.2, 0.25) is 0 Å². The molecule has 4 amide bonds. The summed E-state index contributed by atoms with van der Waals surface area (Å²) >= 11 is 3.67. The Balaban J connectivity index is 1.37. The van der Waals surface area contributed by atoms with Crippen LogP contribution in [0.15, 0.2) is 40.3 Å². The number of carboxylic acids is 1. The van der Waals surface area contributed by atoms with Gasteiger partial charge in [-0.05, 0) is 32.9 Å². The zero-order valence-corrected chi connectivity index (χ0v) is 27.5. The van der Waals surface area contributed by atoms with E-state index in [-0.39, 0.29) is 48.4 Å². The minimum Gasteiger partial charge on any atom is -0.481 e. The van der Waals surface area contributed by atoms with E-state index in [1.807, 2.05) is 0 Å². The number of carbonyl (C=O) groups is 5.